The lowest BCUT2D eigenvalue weighted by Gasteiger charge is -2.30. The van der Waals surface area contributed by atoms with Gasteiger partial charge in [0.2, 0.25) is 0 Å². The molecule has 8 heteroatoms. The molecule has 0 radical (unpaired) electrons. The van der Waals surface area contributed by atoms with Gasteiger partial charge in [0.1, 0.15) is 21.5 Å². The zero-order chi connectivity index (χ0) is 24.7. The third kappa shape index (κ3) is 4.51. The molecule has 0 atom stereocenters. The number of carbonyl (C=O) groups is 1. The zero-order valence-corrected chi connectivity index (χ0v) is 20.3. The molecule has 2 aromatic carbocycles. The first-order chi connectivity index (χ1) is 16.8. The third-order valence-corrected chi connectivity index (χ3v) is 7.65. The van der Waals surface area contributed by atoms with E-state index in [0.29, 0.717) is 37.6 Å². The molecule has 1 aliphatic heterocycles. The fraction of sp³-hybridized carbons (Fsp3) is 0.259. The van der Waals surface area contributed by atoms with Gasteiger partial charge in [0.25, 0.3) is 5.56 Å². The van der Waals surface area contributed by atoms with Crippen molar-refractivity contribution in [2.75, 3.05) is 25.5 Å². The van der Waals surface area contributed by atoms with Crippen molar-refractivity contribution in [3.63, 3.8) is 0 Å². The van der Waals surface area contributed by atoms with Crippen molar-refractivity contribution >= 4 is 32.3 Å². The summed E-state index contributed by atoms with van der Waals surface area (Å²) >= 11 is 1.34. The van der Waals surface area contributed by atoms with Crippen LogP contribution in [0.1, 0.15) is 34.3 Å². The molecule has 3 heterocycles. The largest absolute Gasteiger partial charge is 0.373 e. The number of aryl methyl sites for hydroxylation is 1. The van der Waals surface area contributed by atoms with Crippen LogP contribution >= 0.6 is 11.3 Å². The molecule has 1 aliphatic rings. The molecule has 180 valence electrons. The summed E-state index contributed by atoms with van der Waals surface area (Å²) in [5.74, 6) is -1.00. The molecule has 0 spiro atoms. The van der Waals surface area contributed by atoms with Gasteiger partial charge in [-0.05, 0) is 94.0 Å². The van der Waals surface area contributed by atoms with Crippen LogP contribution in [-0.2, 0) is 0 Å². The number of anilines is 1. The van der Waals surface area contributed by atoms with E-state index < -0.39 is 5.82 Å². The van der Waals surface area contributed by atoms with Gasteiger partial charge in [0, 0.05) is 23.1 Å². The first-order valence-corrected chi connectivity index (χ1v) is 12.3. The summed E-state index contributed by atoms with van der Waals surface area (Å²) in [6.45, 7) is 3.52. The van der Waals surface area contributed by atoms with E-state index in [1.54, 1.807) is 31.2 Å². The summed E-state index contributed by atoms with van der Waals surface area (Å²) in [6, 6.07) is 13.3. The maximum absolute atomic E-state index is 13.9. The van der Waals surface area contributed by atoms with Crippen molar-refractivity contribution in [1.82, 2.24) is 9.47 Å². The summed E-state index contributed by atoms with van der Waals surface area (Å²) < 4.78 is 29.0. The number of fused-ring (bicyclic) bond motifs is 1. The number of ketones is 1. The Kier molecular flexibility index (Phi) is 6.25. The number of carbonyl (C=O) groups excluding carboxylic acids is 1. The lowest BCUT2D eigenvalue weighted by molar-refractivity contribution is 0.104. The Morgan fingerprint density at radius 1 is 1.03 bits per heavy atom. The van der Waals surface area contributed by atoms with Gasteiger partial charge >= 0.3 is 0 Å². The highest BCUT2D eigenvalue weighted by Gasteiger charge is 2.26. The molecule has 0 unspecified atom stereocenters. The second kappa shape index (κ2) is 9.36. The first kappa shape index (κ1) is 23.4. The summed E-state index contributed by atoms with van der Waals surface area (Å²) in [4.78, 5) is 29.6. The van der Waals surface area contributed by atoms with Gasteiger partial charge in [-0.15, -0.1) is 0 Å². The number of likely N-dealkylation sites (tertiary alicyclic amines) is 1. The number of hydrogen-bond acceptors (Lipinski definition) is 5. The van der Waals surface area contributed by atoms with Gasteiger partial charge < -0.3 is 10.2 Å². The predicted molar refractivity (Wildman–Crippen MR) is 136 cm³/mol. The maximum Gasteiger partial charge on any atom is 0.256 e. The molecule has 0 aliphatic carbocycles. The molecule has 2 aromatic heterocycles. The van der Waals surface area contributed by atoms with Crippen LogP contribution in [0.15, 0.2) is 59.4 Å². The molecular weight excluding hydrogens is 468 g/mol. The van der Waals surface area contributed by atoms with Gasteiger partial charge in [-0.2, -0.15) is 0 Å². The molecule has 4 aromatic rings. The van der Waals surface area contributed by atoms with Crippen LogP contribution in [0, 0.1) is 18.6 Å². The van der Waals surface area contributed by atoms with E-state index >= 15 is 0 Å². The van der Waals surface area contributed by atoms with Gasteiger partial charge in [0.05, 0.1) is 11.3 Å². The Morgan fingerprint density at radius 2 is 1.74 bits per heavy atom. The average Bonchev–Trinajstić information content (AvgIpc) is 3.20. The van der Waals surface area contributed by atoms with Crippen molar-refractivity contribution < 1.29 is 13.6 Å². The molecule has 1 fully saturated rings. The fourth-order valence-electron chi connectivity index (χ4n) is 4.51. The minimum absolute atomic E-state index is 0.187. The van der Waals surface area contributed by atoms with Crippen LogP contribution in [0.2, 0.25) is 0 Å². The second-order valence-electron chi connectivity index (χ2n) is 9.02. The number of pyridine rings is 1. The smallest absolute Gasteiger partial charge is 0.256 e. The molecule has 1 N–H and O–H groups in total. The summed E-state index contributed by atoms with van der Waals surface area (Å²) in [5.41, 5.74) is 1.49. The van der Waals surface area contributed by atoms with Gasteiger partial charge in [0.15, 0.2) is 5.78 Å². The molecule has 0 saturated carbocycles. The van der Waals surface area contributed by atoms with E-state index in [1.165, 1.54) is 46.2 Å². The molecule has 0 bridgehead atoms. The molecule has 0 amide bonds. The molecule has 5 nitrogen and oxygen atoms in total. The normalized spacial score (nSPS) is 15.0. The van der Waals surface area contributed by atoms with E-state index in [4.69, 9.17) is 0 Å². The summed E-state index contributed by atoms with van der Waals surface area (Å²) in [6.07, 6.45) is 1.86. The van der Waals surface area contributed by atoms with E-state index in [1.807, 2.05) is 0 Å². The predicted octanol–water partition coefficient (Wildman–Crippen LogP) is 5.38. The average molecular weight is 494 g/mol. The number of aromatic nitrogens is 1. The topological polar surface area (TPSA) is 54.3 Å². The van der Waals surface area contributed by atoms with Crippen LogP contribution < -0.4 is 10.9 Å². The fourth-order valence-corrected chi connectivity index (χ4v) is 5.80. The first-order valence-electron chi connectivity index (χ1n) is 11.5. The molecule has 5 rings (SSSR count). The quantitative estimate of drug-likeness (QED) is 0.380. The monoisotopic (exact) mass is 493 g/mol. The number of nitrogens with zero attached hydrogens (tertiary/aromatic N) is 2. The highest BCUT2D eigenvalue weighted by Crippen LogP contribution is 2.38. The second-order valence-corrected chi connectivity index (χ2v) is 10.0. The van der Waals surface area contributed by atoms with Gasteiger partial charge in [-0.3, -0.25) is 14.2 Å². The van der Waals surface area contributed by atoms with Crippen LogP contribution in [0.4, 0.5) is 13.8 Å². The Hall–Kier alpha value is -3.36. The number of nitrogens with one attached hydrogen (secondary N) is 1. The van der Waals surface area contributed by atoms with Crippen molar-refractivity contribution in [3.8, 4) is 5.69 Å². The van der Waals surface area contributed by atoms with E-state index in [2.05, 4.69) is 17.3 Å². The highest BCUT2D eigenvalue weighted by molar-refractivity contribution is 7.23. The number of thiophene rings is 1. The minimum atomic E-state index is -0.396. The number of rotatable bonds is 5. The van der Waals surface area contributed by atoms with Crippen LogP contribution in [-0.4, -0.2) is 41.4 Å². The standard InChI is InChI=1S/C27H25F2N3O2S/c1-16-15-17(3-9-22(16)29)25(34)24-21-8-10-23(33)32(20-6-4-18(28)5-7-20)27(21)35-26(24)30-19-11-13-31(2)14-12-19/h3-10,15,19,30H,11-14H2,1-2H3. The van der Waals surface area contributed by atoms with Crippen LogP contribution in [0.3, 0.4) is 0 Å². The van der Waals surface area contributed by atoms with E-state index in [9.17, 15) is 18.4 Å². The van der Waals surface area contributed by atoms with Crippen molar-refractivity contribution in [2.45, 2.75) is 25.8 Å². The van der Waals surface area contributed by atoms with Gasteiger partial charge in [-0.25, -0.2) is 8.78 Å². The molecule has 35 heavy (non-hydrogen) atoms. The van der Waals surface area contributed by atoms with E-state index in [0.717, 1.165) is 25.9 Å². The Balaban J connectivity index is 1.68. The Labute approximate surface area is 205 Å². The van der Waals surface area contributed by atoms with Crippen molar-refractivity contribution in [1.29, 1.82) is 0 Å². The van der Waals surface area contributed by atoms with Crippen LogP contribution in [0.25, 0.3) is 15.9 Å². The Morgan fingerprint density at radius 3 is 2.43 bits per heavy atom. The minimum Gasteiger partial charge on any atom is -0.373 e. The summed E-state index contributed by atoms with van der Waals surface area (Å²) in [5, 5.41) is 4.87. The summed E-state index contributed by atoms with van der Waals surface area (Å²) in [7, 11) is 2.09. The molecule has 1 saturated heterocycles. The number of halogens is 2. The number of hydrogen-bond donors (Lipinski definition) is 1. The lowest BCUT2D eigenvalue weighted by Crippen LogP contribution is -2.36. The van der Waals surface area contributed by atoms with Crippen molar-refractivity contribution in [2.24, 2.45) is 0 Å². The van der Waals surface area contributed by atoms with Crippen molar-refractivity contribution in [3.05, 3.63) is 93.3 Å². The SMILES string of the molecule is Cc1cc(C(=O)c2c(NC3CCN(C)CC3)sc3c2ccc(=O)n3-c2ccc(F)cc2)ccc1F. The number of benzene rings is 2. The van der Waals surface area contributed by atoms with E-state index in [-0.39, 0.29) is 23.2 Å². The number of piperidine rings is 1. The third-order valence-electron chi connectivity index (χ3n) is 6.53. The highest BCUT2D eigenvalue weighted by atomic mass is 32.1. The van der Waals surface area contributed by atoms with Gasteiger partial charge in [-0.1, -0.05) is 11.3 Å². The van der Waals surface area contributed by atoms with Crippen LogP contribution in [0.5, 0.6) is 0 Å². The lowest BCUT2D eigenvalue weighted by atomic mass is 10.00. The maximum atomic E-state index is 13.9. The zero-order valence-electron chi connectivity index (χ0n) is 19.5. The Bertz CT molecular complexity index is 1470. The molecular formula is C27H25F2N3O2S.